The molecule has 158 valence electrons. The second kappa shape index (κ2) is 8.40. The molecule has 1 N–H and O–H groups in total. The highest BCUT2D eigenvalue weighted by atomic mass is 35.5. The first kappa shape index (κ1) is 20.2. The molecular weight excluding hydrogens is 432 g/mol. The summed E-state index contributed by atoms with van der Waals surface area (Å²) in [6.07, 6.45) is 2.21. The normalized spacial score (nSPS) is 17.7. The highest BCUT2D eigenvalue weighted by molar-refractivity contribution is 7.98. The first-order valence-electron chi connectivity index (χ1n) is 10.1. The van der Waals surface area contributed by atoms with E-state index >= 15 is 0 Å². The minimum atomic E-state index is -0.364. The molecule has 6 nitrogen and oxygen atoms in total. The summed E-state index contributed by atoms with van der Waals surface area (Å²) in [5.41, 5.74) is 3.64. The summed E-state index contributed by atoms with van der Waals surface area (Å²) >= 11 is 7.82. The van der Waals surface area contributed by atoms with Crippen molar-refractivity contribution < 1.29 is 9.53 Å². The number of benzene rings is 2. The Balaban J connectivity index is 1.54. The van der Waals surface area contributed by atoms with E-state index in [0.29, 0.717) is 23.3 Å². The Morgan fingerprint density at radius 2 is 2.00 bits per heavy atom. The average molecular weight is 453 g/mol. The Labute approximate surface area is 189 Å². The quantitative estimate of drug-likeness (QED) is 0.533. The lowest BCUT2D eigenvalue weighted by Crippen LogP contribution is -2.31. The summed E-state index contributed by atoms with van der Waals surface area (Å²) in [4.78, 5) is 17.7. The molecular formula is C23H21ClN4O2S. The van der Waals surface area contributed by atoms with E-state index in [1.54, 1.807) is 7.11 Å². The summed E-state index contributed by atoms with van der Waals surface area (Å²) in [6.45, 7) is 0. The second-order valence-electron chi connectivity index (χ2n) is 7.48. The lowest BCUT2D eigenvalue weighted by molar-refractivity contribution is -0.116. The van der Waals surface area contributed by atoms with Gasteiger partial charge in [-0.2, -0.15) is 4.98 Å². The molecule has 2 aliphatic rings. The molecule has 1 atom stereocenters. The van der Waals surface area contributed by atoms with Crippen LogP contribution in [0.3, 0.4) is 0 Å². The number of nitrogens with one attached hydrogen (secondary N) is 1. The van der Waals surface area contributed by atoms with E-state index in [1.807, 2.05) is 53.2 Å². The largest absolute Gasteiger partial charge is 0.496 e. The minimum Gasteiger partial charge on any atom is -0.496 e. The molecule has 0 amide bonds. The van der Waals surface area contributed by atoms with E-state index < -0.39 is 0 Å². The number of halogens is 1. The van der Waals surface area contributed by atoms with Gasteiger partial charge >= 0.3 is 0 Å². The van der Waals surface area contributed by atoms with Gasteiger partial charge in [-0.3, -0.25) is 4.79 Å². The van der Waals surface area contributed by atoms with Crippen molar-refractivity contribution in [3.8, 4) is 5.75 Å². The van der Waals surface area contributed by atoms with Gasteiger partial charge in [0.1, 0.15) is 11.8 Å². The first-order chi connectivity index (χ1) is 15.2. The molecule has 0 saturated heterocycles. The van der Waals surface area contributed by atoms with Crippen LogP contribution in [-0.2, 0) is 10.5 Å². The van der Waals surface area contributed by atoms with Gasteiger partial charge in [0.05, 0.1) is 7.11 Å². The summed E-state index contributed by atoms with van der Waals surface area (Å²) in [7, 11) is 1.64. The molecule has 0 unspecified atom stereocenters. The standard InChI is InChI=1S/C23H21ClN4O2S/c1-30-19-12-5-3-8-15(19)21-20-17(10-6-11-18(20)29)25-22-26-23(27-28(21)22)31-13-14-7-2-4-9-16(14)24/h2-5,7-9,12,21H,6,10-11,13H2,1H3,(H,25,26,27)/t21-/m0/s1. The molecule has 0 fully saturated rings. The van der Waals surface area contributed by atoms with E-state index in [4.69, 9.17) is 26.4 Å². The van der Waals surface area contributed by atoms with Crippen LogP contribution in [0.4, 0.5) is 5.95 Å². The van der Waals surface area contributed by atoms with E-state index in [9.17, 15) is 4.79 Å². The number of thioether (sulfide) groups is 1. The molecule has 0 spiro atoms. The summed E-state index contributed by atoms with van der Waals surface area (Å²) in [6, 6.07) is 15.2. The smallest absolute Gasteiger partial charge is 0.227 e. The van der Waals surface area contributed by atoms with Crippen molar-refractivity contribution >= 4 is 35.1 Å². The maximum atomic E-state index is 13.0. The monoisotopic (exact) mass is 452 g/mol. The highest BCUT2D eigenvalue weighted by Gasteiger charge is 2.38. The number of carbonyl (C=O) groups excluding carboxylic acids is 1. The highest BCUT2D eigenvalue weighted by Crippen LogP contribution is 2.43. The Bertz CT molecular complexity index is 1190. The minimum absolute atomic E-state index is 0.149. The van der Waals surface area contributed by atoms with Crippen LogP contribution >= 0.6 is 23.4 Å². The Morgan fingerprint density at radius 1 is 1.19 bits per heavy atom. The molecule has 1 aliphatic carbocycles. The molecule has 1 aliphatic heterocycles. The van der Waals surface area contributed by atoms with Crippen LogP contribution in [0.1, 0.15) is 36.4 Å². The number of fused-ring (bicyclic) bond motifs is 1. The Morgan fingerprint density at radius 3 is 2.84 bits per heavy atom. The number of hydrogen-bond donors (Lipinski definition) is 1. The number of Topliss-reactive ketones (excluding diaryl/α,β-unsaturated/α-hetero) is 1. The third-order valence-corrected chi connectivity index (χ3v) is 6.85. The topological polar surface area (TPSA) is 69.0 Å². The van der Waals surface area contributed by atoms with Gasteiger partial charge in [0.25, 0.3) is 0 Å². The van der Waals surface area contributed by atoms with Crippen LogP contribution < -0.4 is 10.1 Å². The van der Waals surface area contributed by atoms with Crippen molar-refractivity contribution in [3.63, 3.8) is 0 Å². The first-order valence-corrected chi connectivity index (χ1v) is 11.5. The molecule has 5 rings (SSSR count). The molecule has 0 saturated carbocycles. The number of hydrogen-bond acceptors (Lipinski definition) is 6. The van der Waals surface area contributed by atoms with Crippen molar-refractivity contribution in [2.24, 2.45) is 0 Å². The fourth-order valence-corrected chi connectivity index (χ4v) is 5.25. The average Bonchev–Trinajstić information content (AvgIpc) is 3.20. The van der Waals surface area contributed by atoms with E-state index in [0.717, 1.165) is 46.0 Å². The zero-order valence-electron chi connectivity index (χ0n) is 17.0. The number of ether oxygens (including phenoxy) is 1. The van der Waals surface area contributed by atoms with Crippen molar-refractivity contribution in [1.82, 2.24) is 14.8 Å². The predicted molar refractivity (Wildman–Crippen MR) is 122 cm³/mol. The fourth-order valence-electron chi connectivity index (χ4n) is 4.14. The van der Waals surface area contributed by atoms with Gasteiger partial charge in [-0.25, -0.2) is 4.68 Å². The van der Waals surface area contributed by atoms with Crippen LogP contribution in [-0.4, -0.2) is 27.7 Å². The lowest BCUT2D eigenvalue weighted by atomic mass is 9.85. The van der Waals surface area contributed by atoms with Gasteiger partial charge < -0.3 is 10.1 Å². The third-order valence-electron chi connectivity index (χ3n) is 5.60. The molecule has 0 bridgehead atoms. The Hall–Kier alpha value is -2.77. The van der Waals surface area contributed by atoms with E-state index in [1.165, 1.54) is 11.8 Å². The number of allylic oxidation sites excluding steroid dienone is 2. The predicted octanol–water partition coefficient (Wildman–Crippen LogP) is 5.25. The molecule has 8 heteroatoms. The summed E-state index contributed by atoms with van der Waals surface area (Å²) in [5, 5.41) is 9.50. The summed E-state index contributed by atoms with van der Waals surface area (Å²) in [5.74, 6) is 2.18. The Kier molecular flexibility index (Phi) is 5.46. The number of rotatable bonds is 5. The molecule has 1 aromatic heterocycles. The fraction of sp³-hybridized carbons (Fsp3) is 0.261. The van der Waals surface area contributed by atoms with Gasteiger partial charge in [-0.1, -0.05) is 59.8 Å². The SMILES string of the molecule is COc1ccccc1[C@H]1C2=C(CCCC2=O)Nc2nc(SCc3ccccc3Cl)nn21. The number of nitrogens with zero attached hydrogens (tertiary/aromatic N) is 3. The zero-order chi connectivity index (χ0) is 21.4. The summed E-state index contributed by atoms with van der Waals surface area (Å²) < 4.78 is 7.43. The van der Waals surface area contributed by atoms with Gasteiger partial charge in [0, 0.05) is 34.0 Å². The maximum Gasteiger partial charge on any atom is 0.227 e. The lowest BCUT2D eigenvalue weighted by Gasteiger charge is -2.32. The number of methoxy groups -OCH3 is 1. The number of carbonyl (C=O) groups is 1. The zero-order valence-corrected chi connectivity index (χ0v) is 18.5. The van der Waals surface area contributed by atoms with Crippen LogP contribution in [0, 0.1) is 0 Å². The number of aromatic nitrogens is 3. The van der Waals surface area contributed by atoms with Crippen LogP contribution in [0.2, 0.25) is 5.02 Å². The maximum absolute atomic E-state index is 13.0. The van der Waals surface area contributed by atoms with E-state index in [2.05, 4.69) is 5.32 Å². The van der Waals surface area contributed by atoms with Crippen LogP contribution in [0.25, 0.3) is 0 Å². The number of para-hydroxylation sites is 1. The molecule has 3 aromatic rings. The molecule has 31 heavy (non-hydrogen) atoms. The number of ketones is 1. The molecule has 2 aromatic carbocycles. The van der Waals surface area contributed by atoms with Gasteiger partial charge in [-0.15, -0.1) is 5.10 Å². The number of anilines is 1. The third kappa shape index (κ3) is 3.72. The van der Waals surface area contributed by atoms with Crippen molar-refractivity contribution in [2.75, 3.05) is 12.4 Å². The van der Waals surface area contributed by atoms with Crippen molar-refractivity contribution in [1.29, 1.82) is 0 Å². The van der Waals surface area contributed by atoms with Gasteiger partial charge in [0.2, 0.25) is 11.1 Å². The van der Waals surface area contributed by atoms with Gasteiger partial charge in [-0.05, 0) is 30.5 Å². The van der Waals surface area contributed by atoms with Crippen molar-refractivity contribution in [3.05, 3.63) is 76.0 Å². The second-order valence-corrected chi connectivity index (χ2v) is 8.83. The van der Waals surface area contributed by atoms with Crippen molar-refractivity contribution in [2.45, 2.75) is 36.2 Å². The molecule has 2 heterocycles. The van der Waals surface area contributed by atoms with Crippen LogP contribution in [0.15, 0.2) is 65.0 Å². The molecule has 0 radical (unpaired) electrons. The van der Waals surface area contributed by atoms with E-state index in [-0.39, 0.29) is 11.8 Å². The van der Waals surface area contributed by atoms with Gasteiger partial charge in [0.15, 0.2) is 5.78 Å². The van der Waals surface area contributed by atoms with Crippen LogP contribution in [0.5, 0.6) is 5.75 Å².